The van der Waals surface area contributed by atoms with Crippen LogP contribution in [0.4, 0.5) is 17.6 Å². The van der Waals surface area contributed by atoms with Gasteiger partial charge in [0.25, 0.3) is 0 Å². The maximum Gasteiger partial charge on any atom is 0.435 e. The van der Waals surface area contributed by atoms with E-state index in [0.717, 1.165) is 23.0 Å². The smallest absolute Gasteiger partial charge is 0.366 e. The first kappa shape index (κ1) is 14.0. The fourth-order valence-electron chi connectivity index (χ4n) is 1.60. The number of nitrogens with two attached hydrogens (primary N) is 1. The van der Waals surface area contributed by atoms with Gasteiger partial charge in [-0.15, -0.1) is 0 Å². The summed E-state index contributed by atoms with van der Waals surface area (Å²) in [4.78, 5) is 10.8. The lowest BCUT2D eigenvalue weighted by Gasteiger charge is -2.05. The molecule has 8 heteroatoms. The summed E-state index contributed by atoms with van der Waals surface area (Å²) in [5, 5.41) is 3.31. The van der Waals surface area contributed by atoms with Gasteiger partial charge in [0.1, 0.15) is 5.82 Å². The van der Waals surface area contributed by atoms with Crippen molar-refractivity contribution in [3.63, 3.8) is 0 Å². The second-order valence-electron chi connectivity index (χ2n) is 4.07. The summed E-state index contributed by atoms with van der Waals surface area (Å²) in [6.45, 7) is -0.180. The number of hydrogen-bond acceptors (Lipinski definition) is 2. The first-order valence-corrected chi connectivity index (χ1v) is 5.46. The fraction of sp³-hybridized carbons (Fsp3) is 0.167. The van der Waals surface area contributed by atoms with Crippen molar-refractivity contribution in [2.24, 2.45) is 5.73 Å². The van der Waals surface area contributed by atoms with E-state index >= 15 is 0 Å². The summed E-state index contributed by atoms with van der Waals surface area (Å²) in [6.07, 6.45) is -3.44. The molecule has 1 heterocycles. The van der Waals surface area contributed by atoms with Crippen molar-refractivity contribution in [3.05, 3.63) is 53.1 Å². The number of rotatable bonds is 3. The third-order valence-corrected chi connectivity index (χ3v) is 2.60. The normalized spacial score (nSPS) is 11.6. The molecule has 2 N–H and O–H groups in total. The Labute approximate surface area is 110 Å². The number of alkyl halides is 3. The zero-order chi connectivity index (χ0) is 14.9. The van der Waals surface area contributed by atoms with Crippen LogP contribution in [-0.2, 0) is 12.7 Å². The molecule has 20 heavy (non-hydrogen) atoms. The van der Waals surface area contributed by atoms with Crippen LogP contribution in [0.15, 0.2) is 30.5 Å². The molecule has 0 atom stereocenters. The van der Waals surface area contributed by atoms with Gasteiger partial charge in [0.2, 0.25) is 5.91 Å². The van der Waals surface area contributed by atoms with E-state index in [1.54, 1.807) is 0 Å². The molecular formula is C12H9F4N3O. The van der Waals surface area contributed by atoms with Crippen LogP contribution < -0.4 is 5.73 Å². The standard InChI is InChI=1S/C12H9F4N3O/c13-9-5-7(11(17)20)1-2-8(9)6-19-4-3-10(18-19)12(14,15)16/h1-5H,6H2,(H2,17,20). The Hall–Kier alpha value is -2.38. The fourth-order valence-corrected chi connectivity index (χ4v) is 1.60. The Morgan fingerprint density at radius 3 is 2.50 bits per heavy atom. The van der Waals surface area contributed by atoms with E-state index in [0.29, 0.717) is 0 Å². The molecular weight excluding hydrogens is 278 g/mol. The molecule has 1 aromatic carbocycles. The highest BCUT2D eigenvalue weighted by Gasteiger charge is 2.33. The number of carbonyl (C=O) groups excluding carboxylic acids is 1. The van der Waals surface area contributed by atoms with E-state index < -0.39 is 23.6 Å². The predicted octanol–water partition coefficient (Wildman–Crippen LogP) is 2.19. The highest BCUT2D eigenvalue weighted by atomic mass is 19.4. The third kappa shape index (κ3) is 2.95. The molecule has 2 aromatic rings. The predicted molar refractivity (Wildman–Crippen MR) is 61.2 cm³/mol. The molecule has 0 bridgehead atoms. The van der Waals surface area contributed by atoms with Gasteiger partial charge in [-0.05, 0) is 18.2 Å². The van der Waals surface area contributed by atoms with Crippen LogP contribution in [0.25, 0.3) is 0 Å². The van der Waals surface area contributed by atoms with Crippen molar-refractivity contribution in [1.82, 2.24) is 9.78 Å². The van der Waals surface area contributed by atoms with E-state index in [-0.39, 0.29) is 17.7 Å². The van der Waals surface area contributed by atoms with Gasteiger partial charge in [0, 0.05) is 17.3 Å². The minimum atomic E-state index is -4.54. The molecule has 106 valence electrons. The van der Waals surface area contributed by atoms with Crippen LogP contribution in [0, 0.1) is 5.82 Å². The lowest BCUT2D eigenvalue weighted by atomic mass is 10.1. The number of halogens is 4. The topological polar surface area (TPSA) is 60.9 Å². The Morgan fingerprint density at radius 2 is 2.00 bits per heavy atom. The van der Waals surface area contributed by atoms with E-state index in [2.05, 4.69) is 5.10 Å². The average Bonchev–Trinajstić information content (AvgIpc) is 2.80. The van der Waals surface area contributed by atoms with E-state index in [1.165, 1.54) is 12.1 Å². The molecule has 1 aromatic heterocycles. The molecule has 0 unspecified atom stereocenters. The number of benzene rings is 1. The first-order chi connectivity index (χ1) is 9.27. The minimum absolute atomic E-state index is 0.0114. The molecule has 0 saturated carbocycles. The van der Waals surface area contributed by atoms with Gasteiger partial charge < -0.3 is 5.73 Å². The van der Waals surface area contributed by atoms with E-state index in [9.17, 15) is 22.4 Å². The summed E-state index contributed by atoms with van der Waals surface area (Å²) in [7, 11) is 0. The van der Waals surface area contributed by atoms with Gasteiger partial charge in [-0.1, -0.05) is 6.07 Å². The Balaban J connectivity index is 2.22. The highest BCUT2D eigenvalue weighted by Crippen LogP contribution is 2.27. The van der Waals surface area contributed by atoms with Crippen molar-refractivity contribution in [1.29, 1.82) is 0 Å². The Morgan fingerprint density at radius 1 is 1.30 bits per heavy atom. The SMILES string of the molecule is NC(=O)c1ccc(Cn2ccc(C(F)(F)F)n2)c(F)c1. The lowest BCUT2D eigenvalue weighted by Crippen LogP contribution is -2.12. The molecule has 0 aliphatic heterocycles. The van der Waals surface area contributed by atoms with Crippen molar-refractivity contribution in [2.75, 3.05) is 0 Å². The molecule has 0 aliphatic rings. The largest absolute Gasteiger partial charge is 0.435 e. The van der Waals surface area contributed by atoms with Crippen molar-refractivity contribution in [3.8, 4) is 0 Å². The molecule has 1 amide bonds. The average molecular weight is 287 g/mol. The zero-order valence-corrected chi connectivity index (χ0v) is 9.99. The summed E-state index contributed by atoms with van der Waals surface area (Å²) >= 11 is 0. The molecule has 0 fully saturated rings. The van der Waals surface area contributed by atoms with Gasteiger partial charge >= 0.3 is 6.18 Å². The summed E-state index contributed by atoms with van der Waals surface area (Å²) in [5.74, 6) is -1.51. The molecule has 0 saturated heterocycles. The summed E-state index contributed by atoms with van der Waals surface area (Å²) in [6, 6.07) is 4.32. The van der Waals surface area contributed by atoms with Crippen LogP contribution in [0.1, 0.15) is 21.6 Å². The summed E-state index contributed by atoms with van der Waals surface area (Å²) in [5.41, 5.74) is 4.03. The molecule has 0 spiro atoms. The monoisotopic (exact) mass is 287 g/mol. The van der Waals surface area contributed by atoms with Gasteiger partial charge in [-0.2, -0.15) is 18.3 Å². The molecule has 2 rings (SSSR count). The van der Waals surface area contributed by atoms with Crippen LogP contribution in [0.2, 0.25) is 0 Å². The zero-order valence-electron chi connectivity index (χ0n) is 9.99. The van der Waals surface area contributed by atoms with Gasteiger partial charge in [-0.25, -0.2) is 4.39 Å². The maximum atomic E-state index is 13.7. The second-order valence-corrected chi connectivity index (χ2v) is 4.07. The molecule has 0 radical (unpaired) electrons. The molecule has 4 nitrogen and oxygen atoms in total. The van der Waals surface area contributed by atoms with Crippen LogP contribution in [-0.4, -0.2) is 15.7 Å². The Bertz CT molecular complexity index is 648. The Kier molecular flexibility index (Phi) is 3.47. The van der Waals surface area contributed by atoms with Crippen LogP contribution in [0.3, 0.4) is 0 Å². The number of primary amides is 1. The van der Waals surface area contributed by atoms with E-state index in [4.69, 9.17) is 5.73 Å². The van der Waals surface area contributed by atoms with Crippen LogP contribution >= 0.6 is 0 Å². The number of carbonyl (C=O) groups is 1. The van der Waals surface area contributed by atoms with Gasteiger partial charge in [-0.3, -0.25) is 9.48 Å². The second kappa shape index (κ2) is 4.95. The minimum Gasteiger partial charge on any atom is -0.366 e. The third-order valence-electron chi connectivity index (χ3n) is 2.60. The number of hydrogen-bond donors (Lipinski definition) is 1. The first-order valence-electron chi connectivity index (χ1n) is 5.46. The van der Waals surface area contributed by atoms with E-state index in [1.807, 2.05) is 0 Å². The van der Waals surface area contributed by atoms with Crippen molar-refractivity contribution >= 4 is 5.91 Å². The number of nitrogens with zero attached hydrogens (tertiary/aromatic N) is 2. The highest BCUT2D eigenvalue weighted by molar-refractivity contribution is 5.92. The number of amides is 1. The van der Waals surface area contributed by atoms with Gasteiger partial charge in [0.15, 0.2) is 5.69 Å². The van der Waals surface area contributed by atoms with Gasteiger partial charge in [0.05, 0.1) is 6.54 Å². The quantitative estimate of drug-likeness (QED) is 0.880. The maximum absolute atomic E-state index is 13.7. The van der Waals surface area contributed by atoms with Crippen molar-refractivity contribution in [2.45, 2.75) is 12.7 Å². The molecule has 0 aliphatic carbocycles. The number of aromatic nitrogens is 2. The lowest BCUT2D eigenvalue weighted by molar-refractivity contribution is -0.141. The van der Waals surface area contributed by atoms with Crippen molar-refractivity contribution < 1.29 is 22.4 Å². The summed E-state index contributed by atoms with van der Waals surface area (Å²) < 4.78 is 51.7. The van der Waals surface area contributed by atoms with Crippen LogP contribution in [0.5, 0.6) is 0 Å².